The molecule has 0 aliphatic carbocycles. The molecule has 0 aliphatic heterocycles. The summed E-state index contributed by atoms with van der Waals surface area (Å²) in [5.74, 6) is 0.775. The van der Waals surface area contributed by atoms with E-state index in [2.05, 4.69) is 5.22 Å². The first-order chi connectivity index (χ1) is 7.10. The summed E-state index contributed by atoms with van der Waals surface area (Å²) in [4.78, 5) is 0. The van der Waals surface area contributed by atoms with Gasteiger partial charge in [-0.15, -0.1) is 0 Å². The summed E-state index contributed by atoms with van der Waals surface area (Å²) < 4.78 is 5.15. The van der Waals surface area contributed by atoms with Crippen molar-refractivity contribution in [2.45, 2.75) is 13.8 Å². The summed E-state index contributed by atoms with van der Waals surface area (Å²) in [6.07, 6.45) is 0. The zero-order valence-corrected chi connectivity index (χ0v) is 9.03. The quantitative estimate of drug-likeness (QED) is 0.345. The van der Waals surface area contributed by atoms with E-state index in [1.54, 1.807) is 20.1 Å². The van der Waals surface area contributed by atoms with E-state index in [1.807, 2.05) is 19.1 Å². The number of benzene rings is 1. The SMILES string of the molecule is COc1ccc(C)cc1N(N=N)C(C)=N. The van der Waals surface area contributed by atoms with E-state index in [4.69, 9.17) is 15.7 Å². The van der Waals surface area contributed by atoms with E-state index in [-0.39, 0.29) is 5.84 Å². The van der Waals surface area contributed by atoms with Crippen LogP contribution in [0.1, 0.15) is 12.5 Å². The lowest BCUT2D eigenvalue weighted by Gasteiger charge is -2.18. The molecular formula is C10H14N4O. The molecule has 0 saturated heterocycles. The average Bonchev–Trinajstić information content (AvgIpc) is 2.18. The Morgan fingerprint density at radius 3 is 2.60 bits per heavy atom. The number of anilines is 1. The molecule has 0 radical (unpaired) electrons. The lowest BCUT2D eigenvalue weighted by molar-refractivity contribution is 0.415. The van der Waals surface area contributed by atoms with Gasteiger partial charge in [0.1, 0.15) is 17.3 Å². The van der Waals surface area contributed by atoms with Crippen LogP contribution in [0.5, 0.6) is 5.75 Å². The summed E-state index contributed by atoms with van der Waals surface area (Å²) in [5.41, 5.74) is 8.66. The maximum Gasteiger partial charge on any atom is 0.144 e. The summed E-state index contributed by atoms with van der Waals surface area (Å²) in [6.45, 7) is 3.50. The van der Waals surface area contributed by atoms with Gasteiger partial charge in [-0.3, -0.25) is 5.41 Å². The van der Waals surface area contributed by atoms with Crippen molar-refractivity contribution in [1.82, 2.24) is 0 Å². The molecule has 1 aromatic rings. The second-order valence-corrected chi connectivity index (χ2v) is 3.17. The average molecular weight is 206 g/mol. The second kappa shape index (κ2) is 4.54. The highest BCUT2D eigenvalue weighted by Crippen LogP contribution is 2.29. The lowest BCUT2D eigenvalue weighted by Crippen LogP contribution is -2.21. The molecular weight excluding hydrogens is 192 g/mol. The van der Waals surface area contributed by atoms with Crippen molar-refractivity contribution in [2.24, 2.45) is 5.22 Å². The Labute approximate surface area is 88.7 Å². The van der Waals surface area contributed by atoms with Crippen molar-refractivity contribution in [3.05, 3.63) is 23.8 Å². The van der Waals surface area contributed by atoms with Crippen molar-refractivity contribution >= 4 is 11.5 Å². The van der Waals surface area contributed by atoms with E-state index < -0.39 is 0 Å². The van der Waals surface area contributed by atoms with Gasteiger partial charge >= 0.3 is 0 Å². The molecule has 0 spiro atoms. The summed E-state index contributed by atoms with van der Waals surface area (Å²) >= 11 is 0. The van der Waals surface area contributed by atoms with Crippen LogP contribution in [0.4, 0.5) is 5.69 Å². The van der Waals surface area contributed by atoms with E-state index in [1.165, 1.54) is 5.01 Å². The Kier molecular flexibility index (Phi) is 3.38. The molecule has 0 heterocycles. The number of nitrogens with one attached hydrogen (secondary N) is 2. The normalized spacial score (nSPS) is 9.53. The highest BCUT2D eigenvalue weighted by atomic mass is 16.5. The molecule has 2 N–H and O–H groups in total. The molecule has 0 atom stereocenters. The largest absolute Gasteiger partial charge is 0.494 e. The third-order valence-corrected chi connectivity index (χ3v) is 1.98. The van der Waals surface area contributed by atoms with Gasteiger partial charge in [0.15, 0.2) is 0 Å². The molecule has 0 bridgehead atoms. The fourth-order valence-corrected chi connectivity index (χ4v) is 1.28. The molecule has 15 heavy (non-hydrogen) atoms. The predicted molar refractivity (Wildman–Crippen MR) is 58.8 cm³/mol. The number of hydrogen-bond acceptors (Lipinski definition) is 4. The zero-order valence-electron chi connectivity index (χ0n) is 9.03. The number of hydrogen-bond donors (Lipinski definition) is 2. The third-order valence-electron chi connectivity index (χ3n) is 1.98. The monoisotopic (exact) mass is 206 g/mol. The highest BCUT2D eigenvalue weighted by Gasteiger charge is 2.13. The van der Waals surface area contributed by atoms with Gasteiger partial charge in [0, 0.05) is 0 Å². The summed E-state index contributed by atoms with van der Waals surface area (Å²) in [5, 5.41) is 12.0. The van der Waals surface area contributed by atoms with Crippen molar-refractivity contribution in [3.8, 4) is 5.75 Å². The number of amidine groups is 1. The van der Waals surface area contributed by atoms with Gasteiger partial charge < -0.3 is 4.74 Å². The first-order valence-electron chi connectivity index (χ1n) is 4.47. The van der Waals surface area contributed by atoms with Crippen LogP contribution in [0.2, 0.25) is 0 Å². The molecule has 0 amide bonds. The van der Waals surface area contributed by atoms with Crippen LogP contribution in [0.25, 0.3) is 0 Å². The predicted octanol–water partition coefficient (Wildman–Crippen LogP) is 2.75. The van der Waals surface area contributed by atoms with Crippen LogP contribution in [-0.2, 0) is 0 Å². The Balaban J connectivity index is 3.25. The second-order valence-electron chi connectivity index (χ2n) is 3.17. The molecule has 80 valence electrons. The maximum atomic E-state index is 7.49. The van der Waals surface area contributed by atoms with Crippen LogP contribution < -0.4 is 9.75 Å². The van der Waals surface area contributed by atoms with Crippen LogP contribution >= 0.6 is 0 Å². The molecule has 0 aromatic heterocycles. The fraction of sp³-hybridized carbons (Fsp3) is 0.300. The van der Waals surface area contributed by atoms with Gasteiger partial charge in [0.05, 0.1) is 7.11 Å². The van der Waals surface area contributed by atoms with Gasteiger partial charge in [0.2, 0.25) is 0 Å². The zero-order chi connectivity index (χ0) is 11.4. The topological polar surface area (TPSA) is 72.5 Å². The highest BCUT2D eigenvalue weighted by molar-refractivity contribution is 5.94. The van der Waals surface area contributed by atoms with Gasteiger partial charge in [-0.25, -0.2) is 0 Å². The molecule has 1 rings (SSSR count). The van der Waals surface area contributed by atoms with Crippen molar-refractivity contribution < 1.29 is 4.74 Å². The van der Waals surface area contributed by atoms with Gasteiger partial charge in [-0.05, 0) is 31.5 Å². The van der Waals surface area contributed by atoms with Crippen LogP contribution in [0.3, 0.4) is 0 Å². The Bertz CT molecular complexity index is 389. The van der Waals surface area contributed by atoms with Crippen molar-refractivity contribution in [2.75, 3.05) is 12.1 Å². The molecule has 0 unspecified atom stereocenters. The molecule has 0 saturated carbocycles. The minimum atomic E-state index is 0.175. The van der Waals surface area contributed by atoms with Crippen LogP contribution in [0, 0.1) is 17.9 Å². The number of rotatable bonds is 3. The first kappa shape index (κ1) is 11.2. The smallest absolute Gasteiger partial charge is 0.144 e. The van der Waals surface area contributed by atoms with Crippen molar-refractivity contribution in [1.29, 1.82) is 10.9 Å². The molecule has 1 aromatic carbocycles. The maximum absolute atomic E-state index is 7.49. The summed E-state index contributed by atoms with van der Waals surface area (Å²) in [6, 6.07) is 5.53. The minimum Gasteiger partial charge on any atom is -0.494 e. The number of nitrogens with zero attached hydrogens (tertiary/aromatic N) is 2. The third kappa shape index (κ3) is 2.31. The standard InChI is InChI=1S/C10H14N4O/c1-7-4-5-10(15-3)9(6-7)14(13-12)8(2)11/h4-6,11-12H,1-3H3. The van der Waals surface area contributed by atoms with E-state index in [9.17, 15) is 0 Å². The first-order valence-corrected chi connectivity index (χ1v) is 4.47. The number of aryl methyl sites for hydroxylation is 1. The number of ether oxygens (including phenoxy) is 1. The van der Waals surface area contributed by atoms with Gasteiger partial charge in [-0.2, -0.15) is 10.5 Å². The van der Waals surface area contributed by atoms with Gasteiger partial charge in [-0.1, -0.05) is 11.3 Å². The van der Waals surface area contributed by atoms with E-state index >= 15 is 0 Å². The minimum absolute atomic E-state index is 0.175. The summed E-state index contributed by atoms with van der Waals surface area (Å²) in [7, 11) is 1.55. The van der Waals surface area contributed by atoms with Gasteiger partial charge in [0.25, 0.3) is 0 Å². The number of methoxy groups -OCH3 is 1. The lowest BCUT2D eigenvalue weighted by atomic mass is 10.2. The van der Waals surface area contributed by atoms with Crippen LogP contribution in [0.15, 0.2) is 23.4 Å². The van der Waals surface area contributed by atoms with Crippen molar-refractivity contribution in [3.63, 3.8) is 0 Å². The Morgan fingerprint density at radius 2 is 2.13 bits per heavy atom. The molecule has 0 fully saturated rings. The fourth-order valence-electron chi connectivity index (χ4n) is 1.28. The molecule has 5 heteroatoms. The van der Waals surface area contributed by atoms with E-state index in [0.29, 0.717) is 11.4 Å². The van der Waals surface area contributed by atoms with Crippen LogP contribution in [-0.4, -0.2) is 12.9 Å². The molecule has 5 nitrogen and oxygen atoms in total. The molecule has 0 aliphatic rings. The Hall–Kier alpha value is -1.91. The Morgan fingerprint density at radius 1 is 1.47 bits per heavy atom. The van der Waals surface area contributed by atoms with E-state index in [0.717, 1.165) is 5.56 Å².